The van der Waals surface area contributed by atoms with Crippen LogP contribution in [-0.2, 0) is 13.1 Å². The van der Waals surface area contributed by atoms with Gasteiger partial charge in [-0.05, 0) is 24.8 Å². The Labute approximate surface area is 138 Å². The lowest BCUT2D eigenvalue weighted by atomic mass is 10.0. The number of aromatic nitrogens is 2. The lowest BCUT2D eigenvalue weighted by Gasteiger charge is -2.13. The van der Waals surface area contributed by atoms with Crippen molar-refractivity contribution in [1.82, 2.24) is 15.1 Å². The van der Waals surface area contributed by atoms with Crippen molar-refractivity contribution in [2.75, 3.05) is 6.54 Å². The van der Waals surface area contributed by atoms with Gasteiger partial charge in [0.1, 0.15) is 5.15 Å². The Morgan fingerprint density at radius 1 is 1.27 bits per heavy atom. The number of halogens is 1. The molecule has 1 unspecified atom stereocenters. The fourth-order valence-corrected chi connectivity index (χ4v) is 2.89. The van der Waals surface area contributed by atoms with Crippen LogP contribution in [0.4, 0.5) is 0 Å². The molecule has 2 aromatic rings. The molecule has 1 N–H and O–H groups in total. The van der Waals surface area contributed by atoms with E-state index in [-0.39, 0.29) is 0 Å². The van der Waals surface area contributed by atoms with Crippen molar-refractivity contribution in [2.24, 2.45) is 0 Å². The van der Waals surface area contributed by atoms with E-state index in [0.717, 1.165) is 48.9 Å². The van der Waals surface area contributed by atoms with Gasteiger partial charge in [0.25, 0.3) is 0 Å². The van der Waals surface area contributed by atoms with Gasteiger partial charge in [0.2, 0.25) is 0 Å². The van der Waals surface area contributed by atoms with E-state index in [2.05, 4.69) is 54.6 Å². The van der Waals surface area contributed by atoms with Gasteiger partial charge < -0.3 is 5.32 Å². The predicted molar refractivity (Wildman–Crippen MR) is 93.4 cm³/mol. The number of aryl methyl sites for hydroxylation is 2. The number of rotatable bonds is 8. The second-order valence-electron chi connectivity index (χ2n) is 5.87. The van der Waals surface area contributed by atoms with Gasteiger partial charge in [-0.25, -0.2) is 0 Å². The van der Waals surface area contributed by atoms with Crippen LogP contribution < -0.4 is 5.32 Å². The summed E-state index contributed by atoms with van der Waals surface area (Å²) in [5.41, 5.74) is 3.51. The average molecular weight is 320 g/mol. The van der Waals surface area contributed by atoms with E-state index >= 15 is 0 Å². The Kier molecular flexibility index (Phi) is 6.47. The molecule has 1 heterocycles. The normalized spacial score (nSPS) is 12.5. The third-order valence-electron chi connectivity index (χ3n) is 4.03. The Bertz CT molecular complexity index is 578. The Morgan fingerprint density at radius 3 is 2.68 bits per heavy atom. The molecule has 0 radical (unpaired) electrons. The number of hydrogen-bond donors (Lipinski definition) is 1. The van der Waals surface area contributed by atoms with Crippen LogP contribution in [-0.4, -0.2) is 16.3 Å². The Morgan fingerprint density at radius 2 is 2.00 bits per heavy atom. The molecular weight excluding hydrogens is 294 g/mol. The molecular formula is C18H26ClN3. The summed E-state index contributed by atoms with van der Waals surface area (Å²) in [6.07, 6.45) is 2.26. The first-order valence-electron chi connectivity index (χ1n) is 8.11. The van der Waals surface area contributed by atoms with E-state index in [1.165, 1.54) is 5.56 Å². The van der Waals surface area contributed by atoms with Crippen molar-refractivity contribution in [3.63, 3.8) is 0 Å². The first-order valence-corrected chi connectivity index (χ1v) is 8.48. The van der Waals surface area contributed by atoms with Crippen LogP contribution >= 0.6 is 11.6 Å². The molecule has 0 bridgehead atoms. The van der Waals surface area contributed by atoms with Crippen molar-refractivity contribution in [3.05, 3.63) is 52.3 Å². The second kappa shape index (κ2) is 8.35. The molecule has 0 aliphatic rings. The summed E-state index contributed by atoms with van der Waals surface area (Å²) < 4.78 is 1.93. The van der Waals surface area contributed by atoms with E-state index in [4.69, 9.17) is 11.6 Å². The molecule has 0 aliphatic heterocycles. The summed E-state index contributed by atoms with van der Waals surface area (Å²) in [6, 6.07) is 10.6. The lowest BCUT2D eigenvalue weighted by Crippen LogP contribution is -2.20. The minimum absolute atomic E-state index is 0.482. The molecule has 1 atom stereocenters. The average Bonchev–Trinajstić information content (AvgIpc) is 2.81. The van der Waals surface area contributed by atoms with Crippen LogP contribution in [0.5, 0.6) is 0 Å². The summed E-state index contributed by atoms with van der Waals surface area (Å²) in [5, 5.41) is 8.84. The molecule has 120 valence electrons. The molecule has 0 aliphatic carbocycles. The number of nitrogens with one attached hydrogen (secondary N) is 1. The molecule has 1 aromatic carbocycles. The summed E-state index contributed by atoms with van der Waals surface area (Å²) in [7, 11) is 0. The molecule has 3 nitrogen and oxygen atoms in total. The van der Waals surface area contributed by atoms with Gasteiger partial charge in [-0.2, -0.15) is 5.10 Å². The molecule has 0 spiro atoms. The first-order chi connectivity index (χ1) is 10.6. The van der Waals surface area contributed by atoms with Crippen LogP contribution in [0.2, 0.25) is 5.15 Å². The quantitative estimate of drug-likeness (QED) is 0.774. The lowest BCUT2D eigenvalue weighted by molar-refractivity contribution is 0.568. The number of nitrogens with zero attached hydrogens (tertiary/aromatic N) is 2. The fraction of sp³-hybridized carbons (Fsp3) is 0.500. The maximum Gasteiger partial charge on any atom is 0.131 e. The third-order valence-corrected chi connectivity index (χ3v) is 4.45. The highest BCUT2D eigenvalue weighted by atomic mass is 35.5. The first kappa shape index (κ1) is 17.0. The molecule has 2 rings (SSSR count). The van der Waals surface area contributed by atoms with Gasteiger partial charge in [-0.15, -0.1) is 0 Å². The van der Waals surface area contributed by atoms with Gasteiger partial charge in [0.15, 0.2) is 0 Å². The number of hydrogen-bond acceptors (Lipinski definition) is 2. The monoisotopic (exact) mass is 319 g/mol. The largest absolute Gasteiger partial charge is 0.312 e. The van der Waals surface area contributed by atoms with E-state index in [0.29, 0.717) is 5.92 Å². The summed E-state index contributed by atoms with van der Waals surface area (Å²) in [5.74, 6) is 0.482. The Hall–Kier alpha value is -1.32. The van der Waals surface area contributed by atoms with Gasteiger partial charge in [0, 0.05) is 25.2 Å². The predicted octanol–water partition coefficient (Wildman–Crippen LogP) is 4.54. The topological polar surface area (TPSA) is 29.9 Å². The second-order valence-corrected chi connectivity index (χ2v) is 6.23. The van der Waals surface area contributed by atoms with Crippen LogP contribution in [0, 0.1) is 6.92 Å². The van der Waals surface area contributed by atoms with E-state index in [1.807, 2.05) is 11.6 Å². The van der Waals surface area contributed by atoms with Crippen LogP contribution in [0.15, 0.2) is 30.3 Å². The fourth-order valence-electron chi connectivity index (χ4n) is 2.56. The maximum absolute atomic E-state index is 6.46. The zero-order valence-electron chi connectivity index (χ0n) is 13.8. The highest BCUT2D eigenvalue weighted by Gasteiger charge is 2.13. The zero-order chi connectivity index (χ0) is 15.9. The molecule has 0 fully saturated rings. The summed E-state index contributed by atoms with van der Waals surface area (Å²) in [6.45, 7) is 9.05. The van der Waals surface area contributed by atoms with Crippen LogP contribution in [0.25, 0.3) is 0 Å². The summed E-state index contributed by atoms with van der Waals surface area (Å²) in [4.78, 5) is 0. The standard InChI is InChI=1S/C18H26ClN3/c1-4-5-11-22-18(19)17(15(3)21-22)13-20-12-14(2)16-9-7-6-8-10-16/h6-10,14,20H,4-5,11-13H2,1-3H3. The van der Waals surface area contributed by atoms with Gasteiger partial charge in [-0.1, -0.05) is 62.2 Å². The molecule has 0 amide bonds. The van der Waals surface area contributed by atoms with Gasteiger partial charge in [0.05, 0.1) is 5.69 Å². The van der Waals surface area contributed by atoms with E-state index in [9.17, 15) is 0 Å². The molecule has 0 saturated heterocycles. The van der Waals surface area contributed by atoms with E-state index in [1.54, 1.807) is 0 Å². The van der Waals surface area contributed by atoms with Crippen molar-refractivity contribution < 1.29 is 0 Å². The van der Waals surface area contributed by atoms with Gasteiger partial charge in [-0.3, -0.25) is 4.68 Å². The number of benzene rings is 1. The third kappa shape index (κ3) is 4.34. The number of unbranched alkanes of at least 4 members (excludes halogenated alkanes) is 1. The maximum atomic E-state index is 6.46. The summed E-state index contributed by atoms with van der Waals surface area (Å²) >= 11 is 6.46. The molecule has 22 heavy (non-hydrogen) atoms. The highest BCUT2D eigenvalue weighted by molar-refractivity contribution is 6.30. The van der Waals surface area contributed by atoms with Crippen LogP contribution in [0.3, 0.4) is 0 Å². The van der Waals surface area contributed by atoms with E-state index < -0.39 is 0 Å². The smallest absolute Gasteiger partial charge is 0.131 e. The van der Waals surface area contributed by atoms with Gasteiger partial charge >= 0.3 is 0 Å². The van der Waals surface area contributed by atoms with Crippen molar-refractivity contribution >= 4 is 11.6 Å². The van der Waals surface area contributed by atoms with Crippen LogP contribution in [0.1, 0.15) is 49.4 Å². The minimum Gasteiger partial charge on any atom is -0.312 e. The zero-order valence-corrected chi connectivity index (χ0v) is 14.5. The molecule has 0 saturated carbocycles. The molecule has 4 heteroatoms. The SMILES string of the molecule is CCCCn1nc(C)c(CNCC(C)c2ccccc2)c1Cl. The van der Waals surface area contributed by atoms with Crippen molar-refractivity contribution in [3.8, 4) is 0 Å². The minimum atomic E-state index is 0.482. The Balaban J connectivity index is 1.90. The van der Waals surface area contributed by atoms with Crippen molar-refractivity contribution in [2.45, 2.75) is 52.6 Å². The molecule has 1 aromatic heterocycles. The highest BCUT2D eigenvalue weighted by Crippen LogP contribution is 2.20. The van der Waals surface area contributed by atoms with Crippen molar-refractivity contribution in [1.29, 1.82) is 0 Å².